The summed E-state index contributed by atoms with van der Waals surface area (Å²) in [4.78, 5) is 28.3. The number of methoxy groups -OCH3 is 3. The summed E-state index contributed by atoms with van der Waals surface area (Å²) in [6.45, 7) is 3.95. The van der Waals surface area contributed by atoms with Gasteiger partial charge in [0, 0.05) is 12.6 Å². The maximum absolute atomic E-state index is 13.5. The Kier molecular flexibility index (Phi) is 8.35. The van der Waals surface area contributed by atoms with Crippen LogP contribution in [0.25, 0.3) is 5.76 Å². The van der Waals surface area contributed by atoms with Gasteiger partial charge in [-0.2, -0.15) is 0 Å². The van der Waals surface area contributed by atoms with Gasteiger partial charge in [0.2, 0.25) is 0 Å². The van der Waals surface area contributed by atoms with Gasteiger partial charge in [-0.1, -0.05) is 35.9 Å². The number of aliphatic hydroxyl groups is 1. The number of nitrogens with zero attached hydrogens (tertiary/aromatic N) is 1. The molecular weight excluding hydrogens is 522 g/mol. The van der Waals surface area contributed by atoms with Gasteiger partial charge in [-0.25, -0.2) is 0 Å². The Morgan fingerprint density at radius 1 is 0.923 bits per heavy atom. The summed E-state index contributed by atoms with van der Waals surface area (Å²) in [7, 11) is 4.43. The van der Waals surface area contributed by atoms with Crippen LogP contribution >= 0.6 is 11.6 Å². The molecule has 0 radical (unpaired) electrons. The Balaban J connectivity index is 1.88. The summed E-state index contributed by atoms with van der Waals surface area (Å²) in [5.74, 6) is -0.152. The molecule has 1 amide bonds. The SMILES string of the molecule is COc1cccc(CN2C(=O)C(=O)/C(=C(/O)c3cc(Cl)c(OC)cc3OC)C2c2ccc(OC(C)C)cc2)c1. The van der Waals surface area contributed by atoms with Gasteiger partial charge in [0.05, 0.1) is 49.6 Å². The molecule has 204 valence electrons. The van der Waals surface area contributed by atoms with E-state index in [9.17, 15) is 14.7 Å². The van der Waals surface area contributed by atoms with Crippen molar-refractivity contribution >= 4 is 29.1 Å². The lowest BCUT2D eigenvalue weighted by Gasteiger charge is -2.26. The molecule has 4 rings (SSSR count). The Morgan fingerprint density at radius 2 is 1.62 bits per heavy atom. The normalized spacial score (nSPS) is 16.5. The van der Waals surface area contributed by atoms with Crippen molar-refractivity contribution in [3.8, 4) is 23.0 Å². The molecule has 1 unspecified atom stereocenters. The van der Waals surface area contributed by atoms with E-state index in [-0.39, 0.29) is 34.6 Å². The fourth-order valence-electron chi connectivity index (χ4n) is 4.55. The second kappa shape index (κ2) is 11.7. The number of halogens is 1. The van der Waals surface area contributed by atoms with Gasteiger partial charge >= 0.3 is 0 Å². The number of aliphatic hydroxyl groups excluding tert-OH is 1. The predicted octanol–water partition coefficient (Wildman–Crippen LogP) is 5.77. The average Bonchev–Trinajstić information content (AvgIpc) is 3.17. The highest BCUT2D eigenvalue weighted by atomic mass is 35.5. The van der Waals surface area contributed by atoms with Gasteiger partial charge in [-0.3, -0.25) is 9.59 Å². The highest BCUT2D eigenvalue weighted by molar-refractivity contribution is 6.46. The lowest BCUT2D eigenvalue weighted by molar-refractivity contribution is -0.140. The molecule has 39 heavy (non-hydrogen) atoms. The molecule has 8 nitrogen and oxygen atoms in total. The largest absolute Gasteiger partial charge is 0.507 e. The van der Waals surface area contributed by atoms with Crippen LogP contribution in [-0.2, 0) is 16.1 Å². The summed E-state index contributed by atoms with van der Waals surface area (Å²) in [6, 6.07) is 16.4. The first kappa shape index (κ1) is 27.9. The highest BCUT2D eigenvalue weighted by Crippen LogP contribution is 2.44. The predicted molar refractivity (Wildman–Crippen MR) is 148 cm³/mol. The van der Waals surface area contributed by atoms with Gasteiger partial charge in [0.25, 0.3) is 11.7 Å². The molecule has 0 bridgehead atoms. The fourth-order valence-corrected chi connectivity index (χ4v) is 4.79. The van der Waals surface area contributed by atoms with Crippen LogP contribution in [0.4, 0.5) is 0 Å². The quantitative estimate of drug-likeness (QED) is 0.205. The van der Waals surface area contributed by atoms with E-state index in [2.05, 4.69) is 0 Å². The average molecular weight is 552 g/mol. The van der Waals surface area contributed by atoms with Gasteiger partial charge in [0.1, 0.15) is 28.8 Å². The number of carbonyl (C=O) groups is 2. The number of hydrogen-bond donors (Lipinski definition) is 1. The van der Waals surface area contributed by atoms with E-state index in [1.165, 1.54) is 31.3 Å². The van der Waals surface area contributed by atoms with E-state index in [1.807, 2.05) is 26.0 Å². The molecule has 1 N–H and O–H groups in total. The third-order valence-electron chi connectivity index (χ3n) is 6.32. The Labute approximate surface area is 232 Å². The molecule has 3 aromatic carbocycles. The first-order chi connectivity index (χ1) is 18.7. The molecule has 0 spiro atoms. The number of ether oxygens (including phenoxy) is 4. The number of Topliss-reactive ketones (excluding diaryl/α,β-unsaturated/α-hetero) is 1. The van der Waals surface area contributed by atoms with Crippen LogP contribution in [0.2, 0.25) is 5.02 Å². The molecule has 1 aliphatic heterocycles. The smallest absolute Gasteiger partial charge is 0.295 e. The van der Waals surface area contributed by atoms with Gasteiger partial charge < -0.3 is 29.0 Å². The highest BCUT2D eigenvalue weighted by Gasteiger charge is 2.46. The van der Waals surface area contributed by atoms with E-state index in [1.54, 1.807) is 43.5 Å². The monoisotopic (exact) mass is 551 g/mol. The summed E-state index contributed by atoms with van der Waals surface area (Å²) < 4.78 is 21.8. The second-order valence-corrected chi connectivity index (χ2v) is 9.61. The van der Waals surface area contributed by atoms with Crippen molar-refractivity contribution in [1.29, 1.82) is 0 Å². The lowest BCUT2D eigenvalue weighted by atomic mass is 9.94. The number of carbonyl (C=O) groups excluding carboxylic acids is 2. The number of likely N-dealkylation sites (tertiary alicyclic amines) is 1. The fraction of sp³-hybridized carbons (Fsp3) is 0.267. The maximum atomic E-state index is 13.5. The van der Waals surface area contributed by atoms with Crippen LogP contribution in [0.1, 0.15) is 36.6 Å². The Morgan fingerprint density at radius 3 is 2.23 bits per heavy atom. The summed E-state index contributed by atoms with van der Waals surface area (Å²) >= 11 is 6.35. The number of hydrogen-bond acceptors (Lipinski definition) is 7. The van der Waals surface area contributed by atoms with Crippen molar-refractivity contribution < 1.29 is 33.6 Å². The molecule has 1 aliphatic rings. The summed E-state index contributed by atoms with van der Waals surface area (Å²) in [5.41, 5.74) is 1.45. The van der Waals surface area contributed by atoms with Gasteiger partial charge in [-0.05, 0) is 55.3 Å². The van der Waals surface area contributed by atoms with E-state index >= 15 is 0 Å². The molecule has 0 aromatic heterocycles. The second-order valence-electron chi connectivity index (χ2n) is 9.20. The van der Waals surface area contributed by atoms with Crippen LogP contribution < -0.4 is 18.9 Å². The first-order valence-electron chi connectivity index (χ1n) is 12.3. The molecule has 1 heterocycles. The van der Waals surface area contributed by atoms with Crippen LogP contribution in [0.15, 0.2) is 66.2 Å². The molecule has 1 saturated heterocycles. The Hall–Kier alpha value is -4.17. The third-order valence-corrected chi connectivity index (χ3v) is 6.62. The molecule has 1 atom stereocenters. The first-order valence-corrected chi connectivity index (χ1v) is 12.7. The third kappa shape index (κ3) is 5.66. The zero-order valence-corrected chi connectivity index (χ0v) is 23.1. The number of rotatable bonds is 9. The van der Waals surface area contributed by atoms with Crippen LogP contribution in [0.5, 0.6) is 23.0 Å². The number of benzene rings is 3. The zero-order valence-electron chi connectivity index (χ0n) is 22.4. The summed E-state index contributed by atoms with van der Waals surface area (Å²) in [5, 5.41) is 11.7. The van der Waals surface area contributed by atoms with Crippen molar-refractivity contribution in [2.24, 2.45) is 0 Å². The van der Waals surface area contributed by atoms with Crippen LogP contribution in [0.3, 0.4) is 0 Å². The molecule has 3 aromatic rings. The molecular formula is C30H30ClNO7. The summed E-state index contributed by atoms with van der Waals surface area (Å²) in [6.07, 6.45) is -0.0261. The van der Waals surface area contributed by atoms with Crippen LogP contribution in [-0.4, -0.2) is 49.1 Å². The molecule has 9 heteroatoms. The van der Waals surface area contributed by atoms with Gasteiger partial charge in [0.15, 0.2) is 0 Å². The van der Waals surface area contributed by atoms with E-state index in [4.69, 9.17) is 30.5 Å². The van der Waals surface area contributed by atoms with E-state index in [0.29, 0.717) is 22.8 Å². The molecule has 1 fully saturated rings. The number of ketones is 1. The van der Waals surface area contributed by atoms with Crippen molar-refractivity contribution in [2.75, 3.05) is 21.3 Å². The number of amides is 1. The molecule has 0 aliphatic carbocycles. The van der Waals surface area contributed by atoms with Crippen molar-refractivity contribution in [2.45, 2.75) is 32.5 Å². The van der Waals surface area contributed by atoms with E-state index in [0.717, 1.165) is 5.56 Å². The minimum Gasteiger partial charge on any atom is -0.507 e. The maximum Gasteiger partial charge on any atom is 0.295 e. The minimum absolute atomic E-state index is 0.0261. The van der Waals surface area contributed by atoms with Crippen molar-refractivity contribution in [1.82, 2.24) is 4.90 Å². The standard InChI is InChI=1S/C30H30ClNO7/c1-17(2)39-20-11-9-19(10-12-20)27-26(28(33)22-14-23(31)25(38-5)15-24(22)37-4)29(34)30(35)32(27)16-18-7-6-8-21(13-18)36-3/h6-15,17,27,33H,16H2,1-5H3/b28-26+. The molecule has 0 saturated carbocycles. The Bertz CT molecular complexity index is 1420. The van der Waals surface area contributed by atoms with Crippen LogP contribution in [0, 0.1) is 0 Å². The van der Waals surface area contributed by atoms with Crippen molar-refractivity contribution in [3.63, 3.8) is 0 Å². The van der Waals surface area contributed by atoms with Crippen molar-refractivity contribution in [3.05, 3.63) is 87.9 Å². The lowest BCUT2D eigenvalue weighted by Crippen LogP contribution is -2.29. The van der Waals surface area contributed by atoms with Gasteiger partial charge in [-0.15, -0.1) is 0 Å². The minimum atomic E-state index is -0.894. The zero-order chi connectivity index (χ0) is 28.3. The topological polar surface area (TPSA) is 94.5 Å². The van der Waals surface area contributed by atoms with E-state index < -0.39 is 23.5 Å².